The monoisotopic (exact) mass is 174 g/mol. The first-order chi connectivity index (χ1) is 5.02. The topological polar surface area (TPSA) is 37.4 Å². The van der Waals surface area contributed by atoms with Crippen LogP contribution in [0.4, 0.5) is 0 Å². The number of rotatable bonds is 1. The van der Waals surface area contributed by atoms with Crippen LogP contribution >= 0.6 is 0 Å². The van der Waals surface area contributed by atoms with Crippen molar-refractivity contribution in [3.8, 4) is 0 Å². The Morgan fingerprint density at radius 1 is 1.36 bits per heavy atom. The van der Waals surface area contributed by atoms with Crippen LogP contribution in [0.2, 0.25) is 0 Å². The molecule has 0 N–H and O–H groups in total. The highest BCUT2D eigenvalue weighted by molar-refractivity contribution is 7.88. The van der Waals surface area contributed by atoms with Crippen molar-refractivity contribution in [3.63, 3.8) is 0 Å². The molecular weight excluding hydrogens is 162 g/mol. The summed E-state index contributed by atoms with van der Waals surface area (Å²) in [6.07, 6.45) is 5.72. The maximum Gasteiger partial charge on any atom is 0.211 e. The minimum Gasteiger partial charge on any atom is -0.213 e. The van der Waals surface area contributed by atoms with E-state index < -0.39 is 10.0 Å². The van der Waals surface area contributed by atoms with Gasteiger partial charge in [-0.05, 0) is 24.7 Å². The summed E-state index contributed by atoms with van der Waals surface area (Å²) < 4.78 is 23.5. The molecule has 0 unspecified atom stereocenters. The van der Waals surface area contributed by atoms with E-state index in [-0.39, 0.29) is 0 Å². The normalized spacial score (nSPS) is 29.5. The fraction of sp³-hybridized carbons (Fsp3) is 0.857. The van der Waals surface area contributed by atoms with Crippen molar-refractivity contribution in [3.05, 3.63) is 6.42 Å². The Morgan fingerprint density at radius 2 is 1.91 bits per heavy atom. The van der Waals surface area contributed by atoms with Crippen molar-refractivity contribution < 1.29 is 8.42 Å². The first-order valence-corrected chi connectivity index (χ1v) is 5.64. The van der Waals surface area contributed by atoms with Gasteiger partial charge >= 0.3 is 0 Å². The summed E-state index contributed by atoms with van der Waals surface area (Å²) in [5.41, 5.74) is 0.364. The van der Waals surface area contributed by atoms with E-state index in [9.17, 15) is 8.42 Å². The highest BCUT2D eigenvalue weighted by atomic mass is 32.2. The molecule has 11 heavy (non-hydrogen) atoms. The Labute approximate surface area is 67.4 Å². The second-order valence-electron chi connectivity index (χ2n) is 3.73. The second-order valence-corrected chi connectivity index (χ2v) is 5.71. The maximum atomic E-state index is 11.0. The smallest absolute Gasteiger partial charge is 0.211 e. The van der Waals surface area contributed by atoms with Crippen molar-refractivity contribution >= 4 is 10.0 Å². The lowest BCUT2D eigenvalue weighted by atomic mass is 9.65. The van der Waals surface area contributed by atoms with Crippen molar-refractivity contribution in [1.82, 2.24) is 4.31 Å². The molecule has 0 aromatic carbocycles. The molecule has 1 saturated carbocycles. The maximum absolute atomic E-state index is 11.0. The van der Waals surface area contributed by atoms with Gasteiger partial charge in [0.05, 0.1) is 6.26 Å². The molecule has 1 aliphatic heterocycles. The molecule has 1 saturated heterocycles. The molecule has 2 rings (SSSR count). The summed E-state index contributed by atoms with van der Waals surface area (Å²) in [4.78, 5) is 0. The quantitative estimate of drug-likeness (QED) is 0.571. The Balaban J connectivity index is 1.98. The third kappa shape index (κ3) is 1.08. The minimum absolute atomic E-state index is 0.364. The van der Waals surface area contributed by atoms with E-state index in [1.807, 2.05) is 0 Å². The fourth-order valence-electron chi connectivity index (χ4n) is 1.75. The van der Waals surface area contributed by atoms with Crippen LogP contribution < -0.4 is 0 Å². The third-order valence-corrected chi connectivity index (χ3v) is 3.84. The Kier molecular flexibility index (Phi) is 1.36. The zero-order valence-corrected chi connectivity index (χ0v) is 7.39. The van der Waals surface area contributed by atoms with E-state index in [4.69, 9.17) is 0 Å². The van der Waals surface area contributed by atoms with Crippen LogP contribution in [0, 0.1) is 11.8 Å². The average Bonchev–Trinajstić information content (AvgIpc) is 1.49. The van der Waals surface area contributed by atoms with Crippen molar-refractivity contribution in [2.45, 2.75) is 12.8 Å². The molecule has 1 aliphatic carbocycles. The van der Waals surface area contributed by atoms with Gasteiger partial charge in [-0.2, -0.15) is 0 Å². The van der Waals surface area contributed by atoms with Crippen molar-refractivity contribution in [2.75, 3.05) is 19.3 Å². The Hall–Kier alpha value is -0.0900. The lowest BCUT2D eigenvalue weighted by Gasteiger charge is -2.54. The molecule has 0 amide bonds. The van der Waals surface area contributed by atoms with Crippen LogP contribution in [-0.4, -0.2) is 32.1 Å². The predicted octanol–water partition coefficient (Wildman–Crippen LogP) is 0.246. The SMILES string of the molecule is CS(=O)(=O)N1CC2(C[CH]C2)C1. The first-order valence-electron chi connectivity index (χ1n) is 3.79. The zero-order valence-electron chi connectivity index (χ0n) is 6.58. The lowest BCUT2D eigenvalue weighted by Crippen LogP contribution is -2.61. The summed E-state index contributed by atoms with van der Waals surface area (Å²) in [7, 11) is -2.89. The predicted molar refractivity (Wildman–Crippen MR) is 42.4 cm³/mol. The van der Waals surface area contributed by atoms with Crippen LogP contribution in [0.1, 0.15) is 12.8 Å². The number of hydrogen-bond donors (Lipinski definition) is 0. The minimum atomic E-state index is -2.89. The number of sulfonamides is 1. The van der Waals surface area contributed by atoms with Gasteiger partial charge in [-0.15, -0.1) is 0 Å². The largest absolute Gasteiger partial charge is 0.213 e. The van der Waals surface area contributed by atoms with Crippen LogP contribution in [0.25, 0.3) is 0 Å². The third-order valence-electron chi connectivity index (χ3n) is 2.65. The summed E-state index contributed by atoms with van der Waals surface area (Å²) in [5, 5.41) is 0. The molecule has 0 aromatic rings. The molecule has 0 aromatic heterocycles. The van der Waals surface area contributed by atoms with Gasteiger partial charge in [0.2, 0.25) is 10.0 Å². The summed E-state index contributed by atoms with van der Waals surface area (Å²) >= 11 is 0. The van der Waals surface area contributed by atoms with Crippen LogP contribution in [0.15, 0.2) is 0 Å². The summed E-state index contributed by atoms with van der Waals surface area (Å²) in [5.74, 6) is 0. The summed E-state index contributed by atoms with van der Waals surface area (Å²) in [6, 6.07) is 0. The van der Waals surface area contributed by atoms with E-state index in [0.717, 1.165) is 25.9 Å². The second kappa shape index (κ2) is 1.98. The molecule has 0 bridgehead atoms. The van der Waals surface area contributed by atoms with Gasteiger partial charge in [-0.1, -0.05) is 0 Å². The van der Waals surface area contributed by atoms with Gasteiger partial charge in [0.1, 0.15) is 0 Å². The zero-order chi connectivity index (χ0) is 8.11. The molecule has 1 radical (unpaired) electrons. The lowest BCUT2D eigenvalue weighted by molar-refractivity contribution is 0.0273. The average molecular weight is 174 g/mol. The number of hydrogen-bond acceptors (Lipinski definition) is 2. The van der Waals surface area contributed by atoms with E-state index in [1.165, 1.54) is 6.26 Å². The first kappa shape index (κ1) is 7.55. The van der Waals surface area contributed by atoms with Gasteiger partial charge in [-0.3, -0.25) is 0 Å². The van der Waals surface area contributed by atoms with E-state index in [2.05, 4.69) is 6.42 Å². The number of nitrogens with zero attached hydrogens (tertiary/aromatic N) is 1. The van der Waals surface area contributed by atoms with Gasteiger partial charge in [-0.25, -0.2) is 12.7 Å². The van der Waals surface area contributed by atoms with Crippen molar-refractivity contribution in [1.29, 1.82) is 0 Å². The van der Waals surface area contributed by atoms with Crippen molar-refractivity contribution in [2.24, 2.45) is 5.41 Å². The molecule has 4 heteroatoms. The molecule has 3 nitrogen and oxygen atoms in total. The molecule has 0 atom stereocenters. The fourth-order valence-corrected chi connectivity index (χ4v) is 2.76. The molecule has 1 spiro atoms. The van der Waals surface area contributed by atoms with Gasteiger partial charge < -0.3 is 0 Å². The molecular formula is C7H12NO2S. The van der Waals surface area contributed by atoms with E-state index in [0.29, 0.717) is 5.41 Å². The van der Waals surface area contributed by atoms with Gasteiger partial charge in [0.25, 0.3) is 0 Å². The van der Waals surface area contributed by atoms with E-state index >= 15 is 0 Å². The molecule has 2 aliphatic rings. The standard InChI is InChI=1S/C7H12NO2S/c1-11(9,10)8-5-7(6-8)3-2-4-7/h2H,3-6H2,1H3. The molecule has 1 heterocycles. The Bertz CT molecular complexity index is 258. The van der Waals surface area contributed by atoms with Gasteiger partial charge in [0, 0.05) is 13.1 Å². The highest BCUT2D eigenvalue weighted by Gasteiger charge is 2.50. The highest BCUT2D eigenvalue weighted by Crippen LogP contribution is 2.48. The van der Waals surface area contributed by atoms with Crippen LogP contribution in [0.3, 0.4) is 0 Å². The van der Waals surface area contributed by atoms with E-state index in [1.54, 1.807) is 4.31 Å². The molecule has 63 valence electrons. The van der Waals surface area contributed by atoms with Crippen LogP contribution in [0.5, 0.6) is 0 Å². The van der Waals surface area contributed by atoms with Crippen LogP contribution in [-0.2, 0) is 10.0 Å². The summed E-state index contributed by atoms with van der Waals surface area (Å²) in [6.45, 7) is 1.50. The van der Waals surface area contributed by atoms with Gasteiger partial charge in [0.15, 0.2) is 0 Å². The molecule has 2 fully saturated rings. The Morgan fingerprint density at radius 3 is 2.18 bits per heavy atom.